The first kappa shape index (κ1) is 15.2. The van der Waals surface area contributed by atoms with E-state index in [0.29, 0.717) is 12.5 Å². The fourth-order valence-corrected chi connectivity index (χ4v) is 3.92. The van der Waals surface area contributed by atoms with Gasteiger partial charge in [0.1, 0.15) is 11.6 Å². The Hall–Kier alpha value is -2.33. The molecule has 0 saturated carbocycles. The molecule has 4 heteroatoms. The highest BCUT2D eigenvalue weighted by molar-refractivity contribution is 7.08. The minimum atomic E-state index is 0.447. The van der Waals surface area contributed by atoms with Gasteiger partial charge in [0.2, 0.25) is 0 Å². The van der Waals surface area contributed by atoms with Gasteiger partial charge in [0.15, 0.2) is 0 Å². The van der Waals surface area contributed by atoms with E-state index in [-0.39, 0.29) is 0 Å². The molecular formula is C20H20N2OS. The molecule has 1 atom stereocenters. The molecule has 0 radical (unpaired) electrons. The zero-order chi connectivity index (χ0) is 16.4. The smallest absolute Gasteiger partial charge is 0.129 e. The van der Waals surface area contributed by atoms with Crippen LogP contribution in [0.15, 0.2) is 53.4 Å². The van der Waals surface area contributed by atoms with Crippen LogP contribution in [0.5, 0.6) is 5.75 Å². The molecule has 0 fully saturated rings. The maximum Gasteiger partial charge on any atom is 0.129 e. The van der Waals surface area contributed by atoms with Gasteiger partial charge in [-0.25, -0.2) is 4.98 Å². The number of fused-ring (bicyclic) bond motifs is 1. The van der Waals surface area contributed by atoms with Crippen LogP contribution in [0, 0.1) is 0 Å². The number of thiophene rings is 1. The fourth-order valence-electron chi connectivity index (χ4n) is 3.25. The lowest BCUT2D eigenvalue weighted by Gasteiger charge is -2.12. The number of nitrogens with one attached hydrogen (secondary N) is 1. The van der Waals surface area contributed by atoms with Crippen molar-refractivity contribution in [2.75, 3.05) is 18.5 Å². The molecule has 1 aliphatic rings. The Morgan fingerprint density at radius 3 is 3.04 bits per heavy atom. The Bertz CT molecular complexity index is 829. The van der Waals surface area contributed by atoms with Crippen LogP contribution in [-0.4, -0.2) is 18.1 Å². The van der Waals surface area contributed by atoms with E-state index in [2.05, 4.69) is 51.4 Å². The molecule has 1 N–H and O–H groups in total. The van der Waals surface area contributed by atoms with Crippen LogP contribution in [0.1, 0.15) is 24.0 Å². The van der Waals surface area contributed by atoms with E-state index in [0.717, 1.165) is 24.5 Å². The first-order valence-electron chi connectivity index (χ1n) is 8.31. The van der Waals surface area contributed by atoms with E-state index in [1.54, 1.807) is 11.3 Å². The van der Waals surface area contributed by atoms with Gasteiger partial charge < -0.3 is 10.1 Å². The van der Waals surface area contributed by atoms with Gasteiger partial charge in [-0.1, -0.05) is 12.1 Å². The van der Waals surface area contributed by atoms with E-state index >= 15 is 0 Å². The molecule has 3 nitrogen and oxygen atoms in total. The minimum Gasteiger partial charge on any atom is -0.494 e. The molecule has 1 aromatic carbocycles. The average molecular weight is 336 g/mol. The van der Waals surface area contributed by atoms with E-state index in [1.807, 2.05) is 19.2 Å². The summed E-state index contributed by atoms with van der Waals surface area (Å²) < 4.78 is 5.62. The molecule has 0 aliphatic carbocycles. The molecule has 122 valence electrons. The summed E-state index contributed by atoms with van der Waals surface area (Å²) in [6.45, 7) is 3.65. The summed E-state index contributed by atoms with van der Waals surface area (Å²) in [5.41, 5.74) is 5.08. The number of aromatic nitrogens is 1. The maximum absolute atomic E-state index is 5.62. The Morgan fingerprint density at radius 2 is 2.21 bits per heavy atom. The van der Waals surface area contributed by atoms with Gasteiger partial charge in [-0.2, -0.15) is 11.3 Å². The Balaban J connectivity index is 1.59. The third-order valence-electron chi connectivity index (χ3n) is 4.42. The second kappa shape index (κ2) is 6.65. The number of benzene rings is 1. The highest BCUT2D eigenvalue weighted by atomic mass is 32.1. The number of anilines is 1. The monoisotopic (exact) mass is 336 g/mol. The van der Waals surface area contributed by atoms with Gasteiger partial charge in [-0.3, -0.25) is 0 Å². The van der Waals surface area contributed by atoms with E-state index < -0.39 is 0 Å². The van der Waals surface area contributed by atoms with Crippen molar-refractivity contribution in [2.45, 2.75) is 19.3 Å². The molecular weight excluding hydrogens is 316 g/mol. The Kier molecular flexibility index (Phi) is 4.22. The van der Waals surface area contributed by atoms with Crippen molar-refractivity contribution in [3.05, 3.63) is 64.5 Å². The lowest BCUT2D eigenvalue weighted by atomic mass is 9.93. The molecule has 1 aliphatic heterocycles. The van der Waals surface area contributed by atoms with Crippen molar-refractivity contribution in [1.29, 1.82) is 0 Å². The number of hydrogen-bond donors (Lipinski definition) is 1. The number of hydrogen-bond acceptors (Lipinski definition) is 4. The molecule has 0 saturated heterocycles. The minimum absolute atomic E-state index is 0.447. The van der Waals surface area contributed by atoms with Crippen LogP contribution in [0.4, 0.5) is 5.82 Å². The summed E-state index contributed by atoms with van der Waals surface area (Å²) in [7, 11) is 0. The van der Waals surface area contributed by atoms with Gasteiger partial charge in [0, 0.05) is 29.8 Å². The summed E-state index contributed by atoms with van der Waals surface area (Å²) in [6, 6.07) is 12.9. The van der Waals surface area contributed by atoms with Gasteiger partial charge in [-0.05, 0) is 59.5 Å². The zero-order valence-corrected chi connectivity index (χ0v) is 14.5. The molecule has 1 unspecified atom stereocenters. The maximum atomic E-state index is 5.62. The largest absolute Gasteiger partial charge is 0.494 e. The zero-order valence-electron chi connectivity index (χ0n) is 13.7. The first-order valence-corrected chi connectivity index (χ1v) is 9.26. The van der Waals surface area contributed by atoms with Crippen LogP contribution < -0.4 is 10.1 Å². The molecule has 3 heterocycles. The van der Waals surface area contributed by atoms with Gasteiger partial charge in [0.05, 0.1) is 6.61 Å². The lowest BCUT2D eigenvalue weighted by molar-refractivity contribution is 0.340. The lowest BCUT2D eigenvalue weighted by Crippen LogP contribution is -2.05. The summed E-state index contributed by atoms with van der Waals surface area (Å²) in [5, 5.41) is 7.72. The fraction of sp³-hybridized carbons (Fsp3) is 0.250. The normalized spacial score (nSPS) is 15.8. The van der Waals surface area contributed by atoms with Crippen LogP contribution in [0.2, 0.25) is 0 Å². The predicted octanol–water partition coefficient (Wildman–Crippen LogP) is 4.96. The molecule has 2 aromatic heterocycles. The first-order chi connectivity index (χ1) is 11.8. The standard InChI is InChI=1S/C20H20N2OS/c1-2-23-18-5-3-4-14(9-18)8-17-12-22-20-19(17)10-16(11-21-20)15-6-7-24-13-15/h3-7,9-11,13,17H,2,8,12H2,1H3,(H,21,22). The van der Waals surface area contributed by atoms with Gasteiger partial charge in [-0.15, -0.1) is 0 Å². The van der Waals surface area contributed by atoms with Crippen molar-refractivity contribution < 1.29 is 4.74 Å². The second-order valence-electron chi connectivity index (χ2n) is 6.04. The third kappa shape index (κ3) is 3.02. The summed E-state index contributed by atoms with van der Waals surface area (Å²) in [4.78, 5) is 4.62. The summed E-state index contributed by atoms with van der Waals surface area (Å²) >= 11 is 1.72. The van der Waals surface area contributed by atoms with Crippen LogP contribution in [0.3, 0.4) is 0 Å². The van der Waals surface area contributed by atoms with E-state index in [1.165, 1.54) is 22.3 Å². The Morgan fingerprint density at radius 1 is 1.25 bits per heavy atom. The van der Waals surface area contributed by atoms with Crippen molar-refractivity contribution in [3.8, 4) is 16.9 Å². The van der Waals surface area contributed by atoms with Crippen molar-refractivity contribution >= 4 is 17.2 Å². The predicted molar refractivity (Wildman–Crippen MR) is 100 cm³/mol. The SMILES string of the molecule is CCOc1cccc(CC2CNc3ncc(-c4ccsc4)cc32)c1. The second-order valence-corrected chi connectivity index (χ2v) is 6.82. The Labute approximate surface area is 146 Å². The number of pyridine rings is 1. The molecule has 0 spiro atoms. The molecule has 4 rings (SSSR count). The molecule has 0 amide bonds. The van der Waals surface area contributed by atoms with Crippen molar-refractivity contribution in [1.82, 2.24) is 4.98 Å². The van der Waals surface area contributed by atoms with Gasteiger partial charge in [0.25, 0.3) is 0 Å². The molecule has 3 aromatic rings. The van der Waals surface area contributed by atoms with E-state index in [9.17, 15) is 0 Å². The quantitative estimate of drug-likeness (QED) is 0.715. The highest BCUT2D eigenvalue weighted by Crippen LogP contribution is 2.35. The van der Waals surface area contributed by atoms with Crippen molar-refractivity contribution in [2.24, 2.45) is 0 Å². The van der Waals surface area contributed by atoms with Crippen LogP contribution in [0.25, 0.3) is 11.1 Å². The average Bonchev–Trinajstić information content (AvgIpc) is 3.26. The molecule has 24 heavy (non-hydrogen) atoms. The number of nitrogens with zero attached hydrogens (tertiary/aromatic N) is 1. The summed E-state index contributed by atoms with van der Waals surface area (Å²) in [5.74, 6) is 2.43. The van der Waals surface area contributed by atoms with Crippen LogP contribution >= 0.6 is 11.3 Å². The number of rotatable bonds is 5. The topological polar surface area (TPSA) is 34.1 Å². The highest BCUT2D eigenvalue weighted by Gasteiger charge is 2.24. The van der Waals surface area contributed by atoms with Crippen molar-refractivity contribution in [3.63, 3.8) is 0 Å². The van der Waals surface area contributed by atoms with Gasteiger partial charge >= 0.3 is 0 Å². The third-order valence-corrected chi connectivity index (χ3v) is 5.10. The van der Waals surface area contributed by atoms with E-state index in [4.69, 9.17) is 4.74 Å². The molecule has 0 bridgehead atoms. The summed E-state index contributed by atoms with van der Waals surface area (Å²) in [6.07, 6.45) is 2.96. The number of ether oxygens (including phenoxy) is 1. The van der Waals surface area contributed by atoms with Crippen LogP contribution in [-0.2, 0) is 6.42 Å².